The van der Waals surface area contributed by atoms with E-state index in [4.69, 9.17) is 10.5 Å². The molecule has 2 fully saturated rings. The average Bonchev–Trinajstić information content (AvgIpc) is 2.93. The van der Waals surface area contributed by atoms with E-state index in [1.54, 1.807) is 11.8 Å². The number of hydrogen-bond acceptors (Lipinski definition) is 4. The Hall–Kier alpha value is -0.860. The zero-order chi connectivity index (χ0) is 17.1. The predicted molar refractivity (Wildman–Crippen MR) is 79.8 cm³/mol. The molecule has 2 heterocycles. The van der Waals surface area contributed by atoms with E-state index in [0.717, 1.165) is 6.42 Å². The van der Waals surface area contributed by atoms with E-state index < -0.39 is 18.3 Å². The minimum atomic E-state index is -4.19. The number of ether oxygens (including phenoxy) is 1. The Balaban J connectivity index is 1.86. The smallest absolute Gasteiger partial charge is 0.381 e. The first kappa shape index (κ1) is 18.5. The van der Waals surface area contributed by atoms with Crippen molar-refractivity contribution in [3.63, 3.8) is 0 Å². The second kappa shape index (κ2) is 7.36. The first-order chi connectivity index (χ1) is 10.7. The summed E-state index contributed by atoms with van der Waals surface area (Å²) >= 11 is 0. The van der Waals surface area contributed by atoms with E-state index in [-0.39, 0.29) is 11.8 Å². The number of halogens is 3. The molecule has 134 valence electrons. The van der Waals surface area contributed by atoms with Gasteiger partial charge in [0.2, 0.25) is 5.91 Å². The molecular weight excluding hydrogens is 311 g/mol. The zero-order valence-corrected chi connectivity index (χ0v) is 13.6. The molecule has 23 heavy (non-hydrogen) atoms. The van der Waals surface area contributed by atoms with E-state index in [0.29, 0.717) is 52.2 Å². The van der Waals surface area contributed by atoms with Crippen LogP contribution in [0.4, 0.5) is 13.2 Å². The van der Waals surface area contributed by atoms with Gasteiger partial charge in [0, 0.05) is 32.8 Å². The summed E-state index contributed by atoms with van der Waals surface area (Å²) in [5.74, 6) is -0.00754. The maximum atomic E-state index is 12.6. The molecule has 0 spiro atoms. The summed E-state index contributed by atoms with van der Waals surface area (Å²) in [6, 6.07) is 0. The lowest BCUT2D eigenvalue weighted by atomic mass is 9.90. The fourth-order valence-corrected chi connectivity index (χ4v) is 3.35. The highest BCUT2D eigenvalue weighted by atomic mass is 19.4. The van der Waals surface area contributed by atoms with Crippen LogP contribution in [0.5, 0.6) is 0 Å². The van der Waals surface area contributed by atoms with Gasteiger partial charge in [-0.1, -0.05) is 6.92 Å². The lowest BCUT2D eigenvalue weighted by Gasteiger charge is -2.35. The van der Waals surface area contributed by atoms with Crippen LogP contribution >= 0.6 is 0 Å². The molecule has 5 nitrogen and oxygen atoms in total. The molecule has 0 bridgehead atoms. The van der Waals surface area contributed by atoms with E-state index in [1.807, 2.05) is 0 Å². The summed E-state index contributed by atoms with van der Waals surface area (Å²) in [5.41, 5.74) is 5.34. The molecule has 1 amide bonds. The van der Waals surface area contributed by atoms with Crippen LogP contribution in [0.15, 0.2) is 0 Å². The zero-order valence-electron chi connectivity index (χ0n) is 13.6. The number of carbonyl (C=O) groups is 1. The van der Waals surface area contributed by atoms with Crippen molar-refractivity contribution in [1.82, 2.24) is 9.80 Å². The first-order valence-corrected chi connectivity index (χ1v) is 8.18. The van der Waals surface area contributed by atoms with Crippen LogP contribution in [0.25, 0.3) is 0 Å². The van der Waals surface area contributed by atoms with Gasteiger partial charge in [-0.05, 0) is 31.7 Å². The number of alkyl halides is 3. The molecule has 2 rings (SSSR count). The Morgan fingerprint density at radius 1 is 1.39 bits per heavy atom. The standard InChI is InChI=1S/C15H26F3N3O2/c1-2-20(11-15(16,17)18)9-12-3-6-21(10-12)13(22)14(19)4-7-23-8-5-14/h12H,2-11,19H2,1H3. The number of amides is 1. The number of nitrogens with zero attached hydrogens (tertiary/aromatic N) is 2. The van der Waals surface area contributed by atoms with Gasteiger partial charge in [0.05, 0.1) is 12.1 Å². The van der Waals surface area contributed by atoms with E-state index in [9.17, 15) is 18.0 Å². The van der Waals surface area contributed by atoms with Crippen LogP contribution in [0.1, 0.15) is 26.2 Å². The van der Waals surface area contributed by atoms with Gasteiger partial charge in [0.25, 0.3) is 0 Å². The number of rotatable bonds is 5. The Morgan fingerprint density at radius 3 is 2.61 bits per heavy atom. The fourth-order valence-electron chi connectivity index (χ4n) is 3.35. The van der Waals surface area contributed by atoms with Crippen molar-refractivity contribution >= 4 is 5.91 Å². The van der Waals surface area contributed by atoms with Crippen LogP contribution in [0.2, 0.25) is 0 Å². The van der Waals surface area contributed by atoms with Crippen LogP contribution in [0.3, 0.4) is 0 Å². The molecular formula is C15H26F3N3O2. The number of hydrogen-bond donors (Lipinski definition) is 1. The second-order valence-corrected chi connectivity index (χ2v) is 6.62. The minimum absolute atomic E-state index is 0.0738. The van der Waals surface area contributed by atoms with Crippen molar-refractivity contribution in [1.29, 1.82) is 0 Å². The molecule has 2 aliphatic heterocycles. The highest BCUT2D eigenvalue weighted by molar-refractivity contribution is 5.86. The minimum Gasteiger partial charge on any atom is -0.381 e. The fraction of sp³-hybridized carbons (Fsp3) is 0.933. The second-order valence-electron chi connectivity index (χ2n) is 6.62. The molecule has 1 atom stereocenters. The lowest BCUT2D eigenvalue weighted by Crippen LogP contribution is -2.57. The highest BCUT2D eigenvalue weighted by Crippen LogP contribution is 2.26. The molecule has 2 N–H and O–H groups in total. The van der Waals surface area contributed by atoms with Crippen molar-refractivity contribution in [3.8, 4) is 0 Å². The summed E-state index contributed by atoms with van der Waals surface area (Å²) in [7, 11) is 0. The van der Waals surface area contributed by atoms with Gasteiger partial charge in [-0.2, -0.15) is 13.2 Å². The third-order valence-electron chi connectivity index (χ3n) is 4.75. The first-order valence-electron chi connectivity index (χ1n) is 8.18. The molecule has 8 heteroatoms. The van der Waals surface area contributed by atoms with Gasteiger partial charge in [-0.3, -0.25) is 9.69 Å². The summed E-state index contributed by atoms with van der Waals surface area (Å²) in [4.78, 5) is 15.7. The van der Waals surface area contributed by atoms with Crippen LogP contribution in [-0.2, 0) is 9.53 Å². The van der Waals surface area contributed by atoms with Gasteiger partial charge in [0.1, 0.15) is 0 Å². The Morgan fingerprint density at radius 2 is 2.04 bits per heavy atom. The van der Waals surface area contributed by atoms with E-state index in [2.05, 4.69) is 0 Å². The summed E-state index contributed by atoms with van der Waals surface area (Å²) < 4.78 is 42.8. The average molecular weight is 337 g/mol. The number of nitrogens with two attached hydrogens (primary N) is 1. The summed E-state index contributed by atoms with van der Waals surface area (Å²) in [6.07, 6.45) is -2.45. The quantitative estimate of drug-likeness (QED) is 0.820. The van der Waals surface area contributed by atoms with Gasteiger partial charge in [0.15, 0.2) is 0 Å². The Labute approximate surface area is 134 Å². The van der Waals surface area contributed by atoms with Crippen molar-refractivity contribution < 1.29 is 22.7 Å². The molecule has 1 unspecified atom stereocenters. The summed E-state index contributed by atoms with van der Waals surface area (Å²) in [5, 5.41) is 0. The van der Waals surface area contributed by atoms with Gasteiger partial charge in [-0.25, -0.2) is 0 Å². The molecule has 0 radical (unpaired) electrons. The topological polar surface area (TPSA) is 58.8 Å². The molecule has 2 saturated heterocycles. The van der Waals surface area contributed by atoms with E-state index >= 15 is 0 Å². The third-order valence-corrected chi connectivity index (χ3v) is 4.75. The van der Waals surface area contributed by atoms with Crippen molar-refractivity contribution in [2.24, 2.45) is 11.7 Å². The van der Waals surface area contributed by atoms with Gasteiger partial charge in [-0.15, -0.1) is 0 Å². The van der Waals surface area contributed by atoms with Gasteiger partial charge < -0.3 is 15.4 Å². The maximum absolute atomic E-state index is 12.6. The Kier molecular flexibility index (Phi) is 5.91. The third kappa shape index (κ3) is 5.06. The van der Waals surface area contributed by atoms with Crippen molar-refractivity contribution in [2.75, 3.05) is 45.9 Å². The van der Waals surface area contributed by atoms with Gasteiger partial charge >= 0.3 is 6.18 Å². The monoisotopic (exact) mass is 337 g/mol. The highest BCUT2D eigenvalue weighted by Gasteiger charge is 2.41. The molecule has 0 aliphatic carbocycles. The lowest BCUT2D eigenvalue weighted by molar-refractivity contribution is -0.147. The predicted octanol–water partition coefficient (Wildman–Crippen LogP) is 1.23. The van der Waals surface area contributed by atoms with Crippen LogP contribution < -0.4 is 5.73 Å². The largest absolute Gasteiger partial charge is 0.401 e. The van der Waals surface area contributed by atoms with Crippen molar-refractivity contribution in [3.05, 3.63) is 0 Å². The molecule has 0 aromatic rings. The maximum Gasteiger partial charge on any atom is 0.401 e. The summed E-state index contributed by atoms with van der Waals surface area (Å²) in [6.45, 7) is 3.57. The molecule has 0 aromatic carbocycles. The number of carbonyl (C=O) groups excluding carboxylic acids is 1. The normalized spacial score (nSPS) is 25.1. The Bertz CT molecular complexity index is 411. The van der Waals surface area contributed by atoms with Crippen molar-refractivity contribution in [2.45, 2.75) is 37.9 Å². The van der Waals surface area contributed by atoms with Crippen LogP contribution in [-0.4, -0.2) is 73.4 Å². The van der Waals surface area contributed by atoms with Crippen LogP contribution in [0, 0.1) is 5.92 Å². The number of likely N-dealkylation sites (tertiary alicyclic amines) is 1. The van der Waals surface area contributed by atoms with E-state index in [1.165, 1.54) is 4.90 Å². The molecule has 0 aromatic heterocycles. The molecule has 2 aliphatic rings. The SMILES string of the molecule is CCN(CC1CCN(C(=O)C2(N)CCOCC2)C1)CC(F)(F)F. The molecule has 0 saturated carbocycles.